The highest BCUT2D eigenvalue weighted by Gasteiger charge is 2.29. The number of nitrogens with zero attached hydrogens (tertiary/aromatic N) is 2. The fraction of sp³-hybridized carbons (Fsp3) is 0.200. The van der Waals surface area contributed by atoms with Gasteiger partial charge in [-0.2, -0.15) is 0 Å². The van der Waals surface area contributed by atoms with Crippen LogP contribution in [0.4, 0.5) is 0 Å². The molecule has 2 aliphatic heterocycles. The first-order chi connectivity index (χ1) is 8.27. The molecule has 2 nitrogen and oxygen atoms in total. The maximum absolute atomic E-state index is 2.31. The lowest BCUT2D eigenvalue weighted by atomic mass is 10.0. The average molecular weight is 224 g/mol. The summed E-state index contributed by atoms with van der Waals surface area (Å²) in [5, 5.41) is 4.45. The van der Waals surface area contributed by atoms with E-state index >= 15 is 0 Å². The van der Waals surface area contributed by atoms with Gasteiger partial charge < -0.3 is 0 Å². The Morgan fingerprint density at radius 1 is 1.12 bits per heavy atom. The Morgan fingerprint density at radius 3 is 2.71 bits per heavy atom. The van der Waals surface area contributed by atoms with Crippen LogP contribution in [0.15, 0.2) is 60.5 Å². The Bertz CT molecular complexity index is 525. The predicted molar refractivity (Wildman–Crippen MR) is 69.9 cm³/mol. The Kier molecular flexibility index (Phi) is 2.37. The first-order valence-electron chi connectivity index (χ1n) is 5.91. The Balaban J connectivity index is 2.01. The lowest BCUT2D eigenvalue weighted by molar-refractivity contribution is 0.0871. The molecule has 2 aliphatic rings. The minimum absolute atomic E-state index is 0.332. The molecule has 17 heavy (non-hydrogen) atoms. The Morgan fingerprint density at radius 2 is 1.94 bits per heavy atom. The van der Waals surface area contributed by atoms with Crippen molar-refractivity contribution in [1.82, 2.24) is 10.0 Å². The second kappa shape index (κ2) is 3.90. The number of likely N-dealkylation sites (N-methyl/N-ethyl adjacent to an activating group) is 1. The van der Waals surface area contributed by atoms with Gasteiger partial charge in [0.05, 0.1) is 11.7 Å². The first kappa shape index (κ1) is 10.4. The van der Waals surface area contributed by atoms with Crippen molar-refractivity contribution in [2.75, 3.05) is 7.05 Å². The van der Waals surface area contributed by atoms with E-state index in [2.05, 4.69) is 78.8 Å². The molecule has 1 aromatic rings. The van der Waals surface area contributed by atoms with Gasteiger partial charge in [-0.3, -0.25) is 5.01 Å². The van der Waals surface area contributed by atoms with Gasteiger partial charge in [-0.25, -0.2) is 5.01 Å². The molecule has 2 heterocycles. The van der Waals surface area contributed by atoms with Gasteiger partial charge in [-0.1, -0.05) is 30.3 Å². The van der Waals surface area contributed by atoms with Gasteiger partial charge in [0.1, 0.15) is 0 Å². The molecule has 0 radical (unpaired) electrons. The summed E-state index contributed by atoms with van der Waals surface area (Å²) in [6.07, 6.45) is 10.7. The SMILES string of the molecule is Cc1ccccc1C1C=C2C=CC=CN2N1C. The molecule has 1 aromatic carbocycles. The molecular weight excluding hydrogens is 208 g/mol. The van der Waals surface area contributed by atoms with Gasteiger partial charge in [0, 0.05) is 13.2 Å². The molecule has 3 rings (SSSR count). The maximum Gasteiger partial charge on any atom is 0.0750 e. The molecule has 0 spiro atoms. The number of hydrazine groups is 1. The van der Waals surface area contributed by atoms with E-state index < -0.39 is 0 Å². The number of fused-ring (bicyclic) bond motifs is 1. The highest BCUT2D eigenvalue weighted by molar-refractivity contribution is 5.38. The summed E-state index contributed by atoms with van der Waals surface area (Å²) in [7, 11) is 2.13. The van der Waals surface area contributed by atoms with Crippen LogP contribution < -0.4 is 0 Å². The van der Waals surface area contributed by atoms with Gasteiger partial charge in [-0.05, 0) is 36.3 Å². The fourth-order valence-corrected chi connectivity index (χ4v) is 2.48. The number of aryl methyl sites for hydroxylation is 1. The van der Waals surface area contributed by atoms with Crippen LogP contribution in [-0.4, -0.2) is 17.1 Å². The molecule has 0 aliphatic carbocycles. The van der Waals surface area contributed by atoms with Crippen LogP contribution in [0.2, 0.25) is 0 Å². The zero-order valence-electron chi connectivity index (χ0n) is 10.2. The number of hydrogen-bond acceptors (Lipinski definition) is 2. The van der Waals surface area contributed by atoms with E-state index in [-0.39, 0.29) is 0 Å². The zero-order valence-corrected chi connectivity index (χ0v) is 10.2. The largest absolute Gasteiger partial charge is 0.281 e. The topological polar surface area (TPSA) is 6.48 Å². The van der Waals surface area contributed by atoms with Gasteiger partial charge in [0.25, 0.3) is 0 Å². The fourth-order valence-electron chi connectivity index (χ4n) is 2.48. The lowest BCUT2D eigenvalue weighted by Gasteiger charge is -2.30. The van der Waals surface area contributed by atoms with Gasteiger partial charge in [-0.15, -0.1) is 0 Å². The first-order valence-corrected chi connectivity index (χ1v) is 5.91. The monoisotopic (exact) mass is 224 g/mol. The van der Waals surface area contributed by atoms with E-state index in [0.717, 1.165) is 0 Å². The van der Waals surface area contributed by atoms with E-state index in [4.69, 9.17) is 0 Å². The minimum Gasteiger partial charge on any atom is -0.281 e. The molecule has 86 valence electrons. The van der Waals surface area contributed by atoms with Crippen LogP contribution in [0.25, 0.3) is 0 Å². The Hall–Kier alpha value is -1.80. The van der Waals surface area contributed by atoms with Crippen LogP contribution in [-0.2, 0) is 0 Å². The number of hydrogen-bond donors (Lipinski definition) is 0. The van der Waals surface area contributed by atoms with Gasteiger partial charge >= 0.3 is 0 Å². The second-order valence-electron chi connectivity index (χ2n) is 4.51. The van der Waals surface area contributed by atoms with Crippen molar-refractivity contribution < 1.29 is 0 Å². The maximum atomic E-state index is 2.31. The van der Waals surface area contributed by atoms with Crippen molar-refractivity contribution in [3.8, 4) is 0 Å². The molecule has 2 heteroatoms. The van der Waals surface area contributed by atoms with Crippen molar-refractivity contribution in [3.63, 3.8) is 0 Å². The Labute approximate surface area is 102 Å². The highest BCUT2D eigenvalue weighted by atomic mass is 15.6. The molecule has 0 saturated carbocycles. The van der Waals surface area contributed by atoms with E-state index in [1.807, 2.05) is 0 Å². The summed E-state index contributed by atoms with van der Waals surface area (Å²) in [6, 6.07) is 8.91. The second-order valence-corrected chi connectivity index (χ2v) is 4.51. The van der Waals surface area contributed by atoms with Gasteiger partial charge in [0.2, 0.25) is 0 Å². The van der Waals surface area contributed by atoms with Crippen LogP contribution in [0.5, 0.6) is 0 Å². The van der Waals surface area contributed by atoms with Crippen molar-refractivity contribution in [1.29, 1.82) is 0 Å². The van der Waals surface area contributed by atoms with E-state index in [1.165, 1.54) is 16.8 Å². The zero-order chi connectivity index (χ0) is 11.8. The molecule has 0 aromatic heterocycles. The summed E-state index contributed by atoms with van der Waals surface area (Å²) < 4.78 is 0. The molecule has 1 atom stereocenters. The molecule has 0 bridgehead atoms. The summed E-state index contributed by atoms with van der Waals surface area (Å²) in [5.74, 6) is 0. The highest BCUT2D eigenvalue weighted by Crippen LogP contribution is 2.35. The van der Waals surface area contributed by atoms with E-state index in [1.54, 1.807) is 0 Å². The third-order valence-corrected chi connectivity index (χ3v) is 3.45. The van der Waals surface area contributed by atoms with Crippen molar-refractivity contribution >= 4 is 0 Å². The molecule has 0 saturated heterocycles. The predicted octanol–water partition coefficient (Wildman–Crippen LogP) is 3.17. The molecule has 0 amide bonds. The average Bonchev–Trinajstić information content (AvgIpc) is 2.68. The van der Waals surface area contributed by atoms with Crippen molar-refractivity contribution in [2.24, 2.45) is 0 Å². The third kappa shape index (κ3) is 1.61. The third-order valence-electron chi connectivity index (χ3n) is 3.45. The smallest absolute Gasteiger partial charge is 0.0750 e. The van der Waals surface area contributed by atoms with Crippen LogP contribution in [0, 0.1) is 6.92 Å². The van der Waals surface area contributed by atoms with E-state index in [9.17, 15) is 0 Å². The molecule has 1 unspecified atom stereocenters. The van der Waals surface area contributed by atoms with Crippen LogP contribution in [0.1, 0.15) is 17.2 Å². The summed E-state index contributed by atoms with van der Waals surface area (Å²) in [5.41, 5.74) is 3.97. The number of benzene rings is 1. The molecular formula is C15H16N2. The quantitative estimate of drug-likeness (QED) is 0.723. The lowest BCUT2D eigenvalue weighted by Crippen LogP contribution is -2.32. The summed E-state index contributed by atoms with van der Waals surface area (Å²) in [6.45, 7) is 2.17. The minimum atomic E-state index is 0.332. The van der Waals surface area contributed by atoms with E-state index in [0.29, 0.717) is 6.04 Å². The number of rotatable bonds is 1. The van der Waals surface area contributed by atoms with Crippen LogP contribution in [0.3, 0.4) is 0 Å². The molecule has 0 fully saturated rings. The standard InChI is InChI=1S/C15H16N2/c1-12-7-3-4-9-14(12)15-11-13-8-5-6-10-17(13)16(15)2/h3-11,15H,1-2H3. The normalized spacial score (nSPS) is 22.8. The van der Waals surface area contributed by atoms with Gasteiger partial charge in [0.15, 0.2) is 0 Å². The molecule has 0 N–H and O–H groups in total. The summed E-state index contributed by atoms with van der Waals surface area (Å²) in [4.78, 5) is 0. The van der Waals surface area contributed by atoms with Crippen molar-refractivity contribution in [2.45, 2.75) is 13.0 Å². The van der Waals surface area contributed by atoms with Crippen molar-refractivity contribution in [3.05, 3.63) is 71.6 Å². The summed E-state index contributed by atoms with van der Waals surface area (Å²) >= 11 is 0. The number of allylic oxidation sites excluding steroid dienone is 3. The van der Waals surface area contributed by atoms with Crippen LogP contribution >= 0.6 is 0 Å².